The first-order chi connectivity index (χ1) is 12.6. The molecule has 3 rings (SSSR count). The topological polar surface area (TPSA) is 98.5 Å². The van der Waals surface area contributed by atoms with Crippen molar-refractivity contribution in [2.24, 2.45) is 0 Å². The highest BCUT2D eigenvalue weighted by atomic mass is 32.2. The lowest BCUT2D eigenvalue weighted by Gasteiger charge is -2.06. The monoisotopic (exact) mass is 412 g/mol. The molecular formula is C15H20N6O2S3. The van der Waals surface area contributed by atoms with E-state index in [-0.39, 0.29) is 5.56 Å². The number of aromatic nitrogens is 6. The Morgan fingerprint density at radius 1 is 1.15 bits per heavy atom. The molecule has 140 valence electrons. The number of hydrogen-bond donors (Lipinski definition) is 1. The molecule has 3 aromatic heterocycles. The van der Waals surface area contributed by atoms with Crippen LogP contribution < -0.4 is 11.2 Å². The van der Waals surface area contributed by atoms with Gasteiger partial charge < -0.3 is 4.57 Å². The summed E-state index contributed by atoms with van der Waals surface area (Å²) in [4.78, 5) is 31.7. The Balaban J connectivity index is 2.00. The van der Waals surface area contributed by atoms with Crippen molar-refractivity contribution < 1.29 is 0 Å². The van der Waals surface area contributed by atoms with Crippen molar-refractivity contribution >= 4 is 46.0 Å². The summed E-state index contributed by atoms with van der Waals surface area (Å²) in [5, 5.41) is 8.24. The zero-order valence-electron chi connectivity index (χ0n) is 14.8. The minimum atomic E-state index is -0.398. The molecule has 0 saturated heterocycles. The van der Waals surface area contributed by atoms with Crippen LogP contribution >= 0.6 is 34.9 Å². The first-order valence-corrected chi connectivity index (χ1v) is 11.3. The van der Waals surface area contributed by atoms with Gasteiger partial charge in [-0.2, -0.15) is 0 Å². The molecule has 0 aromatic carbocycles. The van der Waals surface area contributed by atoms with E-state index in [1.54, 1.807) is 16.3 Å². The van der Waals surface area contributed by atoms with Gasteiger partial charge in [0.1, 0.15) is 5.82 Å². The zero-order chi connectivity index (χ0) is 18.7. The Kier molecular flexibility index (Phi) is 6.20. The fourth-order valence-corrected chi connectivity index (χ4v) is 5.04. The minimum Gasteiger partial charge on any atom is -0.322 e. The largest absolute Gasteiger partial charge is 0.330 e. The average Bonchev–Trinajstić information content (AvgIpc) is 3.23. The van der Waals surface area contributed by atoms with Gasteiger partial charge >= 0.3 is 5.69 Å². The summed E-state index contributed by atoms with van der Waals surface area (Å²) < 4.78 is 5.22. The van der Waals surface area contributed by atoms with Gasteiger partial charge in [0.15, 0.2) is 19.8 Å². The van der Waals surface area contributed by atoms with Crippen LogP contribution in [0.25, 0.3) is 11.2 Å². The van der Waals surface area contributed by atoms with Crippen LogP contribution in [0.2, 0.25) is 0 Å². The van der Waals surface area contributed by atoms with E-state index in [1.807, 2.05) is 17.7 Å². The van der Waals surface area contributed by atoms with Gasteiger partial charge in [-0.25, -0.2) is 9.78 Å². The third-order valence-corrected chi connectivity index (χ3v) is 6.93. The molecule has 8 nitrogen and oxygen atoms in total. The third-order valence-electron chi connectivity index (χ3n) is 3.90. The Hall–Kier alpha value is -1.59. The van der Waals surface area contributed by atoms with E-state index >= 15 is 0 Å². The van der Waals surface area contributed by atoms with Gasteiger partial charge in [-0.15, -0.1) is 10.2 Å². The van der Waals surface area contributed by atoms with E-state index in [0.717, 1.165) is 27.3 Å². The normalized spacial score (nSPS) is 11.5. The lowest BCUT2D eigenvalue weighted by atomic mass is 10.3. The van der Waals surface area contributed by atoms with Crippen LogP contribution in [-0.4, -0.2) is 35.6 Å². The van der Waals surface area contributed by atoms with Gasteiger partial charge in [0.2, 0.25) is 0 Å². The van der Waals surface area contributed by atoms with Gasteiger partial charge in [0, 0.05) is 13.1 Å². The summed E-state index contributed by atoms with van der Waals surface area (Å²) in [6.45, 7) is 5.18. The Bertz CT molecular complexity index is 1020. The number of fused-ring (bicyclic) bond motifs is 1. The zero-order valence-corrected chi connectivity index (χ0v) is 17.3. The van der Waals surface area contributed by atoms with Crippen LogP contribution in [0.1, 0.15) is 32.5 Å². The number of nitrogens with one attached hydrogen (secondary N) is 1. The smallest absolute Gasteiger partial charge is 0.322 e. The third kappa shape index (κ3) is 3.74. The minimum absolute atomic E-state index is 0.385. The van der Waals surface area contributed by atoms with E-state index < -0.39 is 5.69 Å². The number of aryl methyl sites for hydroxylation is 2. The predicted molar refractivity (Wildman–Crippen MR) is 106 cm³/mol. The number of nitrogens with zero attached hydrogens (tertiary/aromatic N) is 5. The summed E-state index contributed by atoms with van der Waals surface area (Å²) in [6, 6.07) is 0. The summed E-state index contributed by atoms with van der Waals surface area (Å²) in [6.07, 6.45) is 3.78. The van der Waals surface area contributed by atoms with Crippen molar-refractivity contribution in [3.05, 3.63) is 26.7 Å². The second kappa shape index (κ2) is 8.40. The highest BCUT2D eigenvalue weighted by molar-refractivity contribution is 8.02. The number of thioether (sulfide) groups is 2. The van der Waals surface area contributed by atoms with Gasteiger partial charge in [-0.05, 0) is 19.6 Å². The van der Waals surface area contributed by atoms with Gasteiger partial charge in [0.25, 0.3) is 5.56 Å². The van der Waals surface area contributed by atoms with E-state index in [0.29, 0.717) is 30.0 Å². The number of imidazole rings is 1. The van der Waals surface area contributed by atoms with Crippen molar-refractivity contribution in [3.63, 3.8) is 0 Å². The molecule has 0 spiro atoms. The molecule has 26 heavy (non-hydrogen) atoms. The lowest BCUT2D eigenvalue weighted by Crippen LogP contribution is -2.31. The molecule has 0 atom stereocenters. The highest BCUT2D eigenvalue weighted by Crippen LogP contribution is 2.29. The Morgan fingerprint density at radius 2 is 1.92 bits per heavy atom. The Labute approximate surface area is 162 Å². The molecule has 3 heterocycles. The molecule has 1 N–H and O–H groups in total. The van der Waals surface area contributed by atoms with Crippen LogP contribution in [0, 0.1) is 0 Å². The van der Waals surface area contributed by atoms with Crippen molar-refractivity contribution in [1.29, 1.82) is 0 Å². The second-order valence-electron chi connectivity index (χ2n) is 5.54. The number of rotatable bonds is 8. The first kappa shape index (κ1) is 19.2. The summed E-state index contributed by atoms with van der Waals surface area (Å²) >= 11 is 4.64. The second-order valence-corrected chi connectivity index (χ2v) is 8.79. The SMILES string of the molecule is CCCCn1c(=O)[nH]c(=O)c2c1nc(CSc1nnc(SC)s1)n2CC. The molecule has 3 aromatic rings. The van der Waals surface area contributed by atoms with Gasteiger partial charge in [-0.3, -0.25) is 14.3 Å². The number of hydrogen-bond acceptors (Lipinski definition) is 8. The van der Waals surface area contributed by atoms with E-state index in [2.05, 4.69) is 27.1 Å². The summed E-state index contributed by atoms with van der Waals surface area (Å²) in [5.74, 6) is 1.32. The molecule has 0 radical (unpaired) electrons. The maximum absolute atomic E-state index is 12.4. The summed E-state index contributed by atoms with van der Waals surface area (Å²) in [5.41, 5.74) is 0.140. The molecule has 0 aliphatic heterocycles. The van der Waals surface area contributed by atoms with Crippen LogP contribution in [0.15, 0.2) is 18.3 Å². The fourth-order valence-electron chi connectivity index (χ4n) is 2.66. The fraction of sp³-hybridized carbons (Fsp3) is 0.533. The molecular weight excluding hydrogens is 392 g/mol. The van der Waals surface area contributed by atoms with Gasteiger partial charge in [-0.1, -0.05) is 48.2 Å². The predicted octanol–water partition coefficient (Wildman–Crippen LogP) is 2.57. The average molecular weight is 413 g/mol. The lowest BCUT2D eigenvalue weighted by molar-refractivity contribution is 0.613. The number of unbranched alkanes of at least 4 members (excludes halogenated alkanes) is 1. The standard InChI is InChI=1S/C15H20N6O2S3/c1-4-6-7-21-11-10(12(22)17-13(21)23)20(5-2)9(16-11)8-25-15-19-18-14(24-3)26-15/h4-8H2,1-3H3,(H,17,22,23). The maximum atomic E-state index is 12.4. The quantitative estimate of drug-likeness (QED) is 0.568. The van der Waals surface area contributed by atoms with Crippen LogP contribution in [-0.2, 0) is 18.8 Å². The number of aromatic amines is 1. The van der Waals surface area contributed by atoms with Gasteiger partial charge in [0.05, 0.1) is 5.75 Å². The van der Waals surface area contributed by atoms with Crippen molar-refractivity contribution in [2.45, 2.75) is 54.2 Å². The van der Waals surface area contributed by atoms with Crippen molar-refractivity contribution in [2.75, 3.05) is 6.26 Å². The maximum Gasteiger partial charge on any atom is 0.330 e. The molecule has 11 heteroatoms. The van der Waals surface area contributed by atoms with Crippen LogP contribution in [0.3, 0.4) is 0 Å². The van der Waals surface area contributed by atoms with Crippen molar-refractivity contribution in [3.8, 4) is 0 Å². The summed E-state index contributed by atoms with van der Waals surface area (Å²) in [7, 11) is 0. The van der Waals surface area contributed by atoms with E-state index in [9.17, 15) is 9.59 Å². The van der Waals surface area contributed by atoms with E-state index in [1.165, 1.54) is 23.1 Å². The highest BCUT2D eigenvalue weighted by Gasteiger charge is 2.18. The van der Waals surface area contributed by atoms with Crippen LogP contribution in [0.5, 0.6) is 0 Å². The molecule has 0 aliphatic carbocycles. The molecule has 0 bridgehead atoms. The molecule has 0 aliphatic rings. The van der Waals surface area contributed by atoms with Crippen molar-refractivity contribution in [1.82, 2.24) is 29.3 Å². The molecule has 0 fully saturated rings. The molecule has 0 saturated carbocycles. The number of H-pyrrole nitrogens is 1. The molecule has 0 unspecified atom stereocenters. The molecule has 0 amide bonds. The Morgan fingerprint density at radius 3 is 2.58 bits per heavy atom. The van der Waals surface area contributed by atoms with Crippen LogP contribution in [0.4, 0.5) is 0 Å². The van der Waals surface area contributed by atoms with E-state index in [4.69, 9.17) is 0 Å². The first-order valence-electron chi connectivity index (χ1n) is 8.31.